The van der Waals surface area contributed by atoms with Gasteiger partial charge in [-0.05, 0) is 116 Å². The highest BCUT2D eigenvalue weighted by atomic mass is 16.6. The largest absolute Gasteiger partial charge is 0.462 e. The van der Waals surface area contributed by atoms with Crippen LogP contribution < -0.4 is 0 Å². The first-order valence-corrected chi connectivity index (χ1v) is 30.0. The monoisotopic (exact) mass is 1010 g/mol. The number of unbranched alkanes of at least 4 members (excludes halogenated alkanes) is 22. The maximum Gasteiger partial charge on any atom is 0.306 e. The molecule has 0 spiro atoms. The van der Waals surface area contributed by atoms with E-state index in [1.54, 1.807) is 0 Å². The molecule has 0 aliphatic carbocycles. The van der Waals surface area contributed by atoms with Crippen LogP contribution in [0.1, 0.15) is 265 Å². The summed E-state index contributed by atoms with van der Waals surface area (Å²) in [6.45, 7) is 6.42. The third kappa shape index (κ3) is 58.6. The van der Waals surface area contributed by atoms with Gasteiger partial charge in [0, 0.05) is 19.3 Å². The number of carbonyl (C=O) groups is 3. The molecule has 1 atom stereocenters. The van der Waals surface area contributed by atoms with E-state index in [4.69, 9.17) is 14.2 Å². The van der Waals surface area contributed by atoms with E-state index in [0.717, 1.165) is 141 Å². The Morgan fingerprint density at radius 2 is 0.534 bits per heavy atom. The van der Waals surface area contributed by atoms with Crippen LogP contribution in [0, 0.1) is 0 Å². The molecule has 0 radical (unpaired) electrons. The molecule has 73 heavy (non-hydrogen) atoms. The fraction of sp³-hybridized carbons (Fsp3) is 0.657. The van der Waals surface area contributed by atoms with E-state index in [2.05, 4.69) is 142 Å². The van der Waals surface area contributed by atoms with Crippen molar-refractivity contribution in [1.82, 2.24) is 0 Å². The quantitative estimate of drug-likeness (QED) is 0.0261. The number of hydrogen-bond donors (Lipinski definition) is 0. The van der Waals surface area contributed by atoms with Gasteiger partial charge in [0.25, 0.3) is 0 Å². The molecule has 0 fully saturated rings. The molecule has 0 aliphatic rings. The maximum atomic E-state index is 12.8. The number of esters is 3. The lowest BCUT2D eigenvalue weighted by Crippen LogP contribution is -2.30. The van der Waals surface area contributed by atoms with Gasteiger partial charge in [-0.15, -0.1) is 0 Å². The zero-order valence-corrected chi connectivity index (χ0v) is 47.4. The summed E-state index contributed by atoms with van der Waals surface area (Å²) >= 11 is 0. The molecular weight excluding hydrogens is 901 g/mol. The summed E-state index contributed by atoms with van der Waals surface area (Å²) in [5.74, 6) is -0.921. The molecule has 0 heterocycles. The van der Waals surface area contributed by atoms with Crippen molar-refractivity contribution >= 4 is 17.9 Å². The van der Waals surface area contributed by atoms with Crippen LogP contribution in [0.5, 0.6) is 0 Å². The highest BCUT2D eigenvalue weighted by molar-refractivity contribution is 5.71. The van der Waals surface area contributed by atoms with E-state index < -0.39 is 6.10 Å². The lowest BCUT2D eigenvalue weighted by Gasteiger charge is -2.18. The molecule has 0 saturated heterocycles. The molecule has 0 aliphatic heterocycles. The van der Waals surface area contributed by atoms with Gasteiger partial charge in [0.15, 0.2) is 6.10 Å². The predicted molar refractivity (Wildman–Crippen MR) is 316 cm³/mol. The van der Waals surface area contributed by atoms with Crippen molar-refractivity contribution in [3.8, 4) is 0 Å². The van der Waals surface area contributed by atoms with Crippen molar-refractivity contribution in [3.05, 3.63) is 122 Å². The molecule has 6 heteroatoms. The van der Waals surface area contributed by atoms with Crippen molar-refractivity contribution in [2.24, 2.45) is 0 Å². The van der Waals surface area contributed by atoms with E-state index in [1.807, 2.05) is 0 Å². The van der Waals surface area contributed by atoms with Crippen LogP contribution in [0.4, 0.5) is 0 Å². The zero-order chi connectivity index (χ0) is 52.9. The van der Waals surface area contributed by atoms with Gasteiger partial charge < -0.3 is 14.2 Å². The Labute approximate surface area is 450 Å². The second kappa shape index (κ2) is 60.4. The summed E-state index contributed by atoms with van der Waals surface area (Å²) in [6.07, 6.45) is 83.7. The van der Waals surface area contributed by atoms with Gasteiger partial charge in [-0.3, -0.25) is 14.4 Å². The lowest BCUT2D eigenvalue weighted by atomic mass is 10.1. The first-order valence-electron chi connectivity index (χ1n) is 30.0. The van der Waals surface area contributed by atoms with Crippen LogP contribution in [0.2, 0.25) is 0 Å². The van der Waals surface area contributed by atoms with Crippen molar-refractivity contribution in [2.75, 3.05) is 13.2 Å². The van der Waals surface area contributed by atoms with E-state index in [-0.39, 0.29) is 31.1 Å². The molecule has 0 amide bonds. The van der Waals surface area contributed by atoms with Gasteiger partial charge in [-0.2, -0.15) is 0 Å². The second-order valence-corrected chi connectivity index (χ2v) is 19.5. The average Bonchev–Trinajstić information content (AvgIpc) is 3.39. The Bertz CT molecular complexity index is 1540. The Hall–Kier alpha value is -4.19. The van der Waals surface area contributed by atoms with Crippen molar-refractivity contribution in [2.45, 2.75) is 271 Å². The average molecular weight is 1010 g/mol. The van der Waals surface area contributed by atoms with Crippen LogP contribution >= 0.6 is 0 Å². The molecule has 0 N–H and O–H groups in total. The van der Waals surface area contributed by atoms with E-state index in [0.29, 0.717) is 19.3 Å². The van der Waals surface area contributed by atoms with Crippen molar-refractivity contribution in [1.29, 1.82) is 0 Å². The third-order valence-corrected chi connectivity index (χ3v) is 12.5. The molecule has 0 bridgehead atoms. The predicted octanol–water partition coefficient (Wildman–Crippen LogP) is 20.4. The van der Waals surface area contributed by atoms with E-state index in [9.17, 15) is 14.4 Å². The highest BCUT2D eigenvalue weighted by Gasteiger charge is 2.19. The summed E-state index contributed by atoms with van der Waals surface area (Å²) < 4.78 is 16.7. The highest BCUT2D eigenvalue weighted by Crippen LogP contribution is 2.14. The minimum absolute atomic E-state index is 0.0874. The topological polar surface area (TPSA) is 78.9 Å². The van der Waals surface area contributed by atoms with Crippen molar-refractivity contribution in [3.63, 3.8) is 0 Å². The van der Waals surface area contributed by atoms with Gasteiger partial charge in [0.1, 0.15) is 13.2 Å². The van der Waals surface area contributed by atoms with E-state index >= 15 is 0 Å². The van der Waals surface area contributed by atoms with Crippen LogP contribution in [0.15, 0.2) is 122 Å². The van der Waals surface area contributed by atoms with Gasteiger partial charge in [0.05, 0.1) is 0 Å². The summed E-state index contributed by atoms with van der Waals surface area (Å²) in [5.41, 5.74) is 0. The third-order valence-electron chi connectivity index (χ3n) is 12.5. The van der Waals surface area contributed by atoms with E-state index in [1.165, 1.54) is 83.5 Å². The molecule has 6 nitrogen and oxygen atoms in total. The fourth-order valence-corrected chi connectivity index (χ4v) is 7.96. The van der Waals surface area contributed by atoms with Crippen molar-refractivity contribution < 1.29 is 28.6 Å². The summed E-state index contributed by atoms with van der Waals surface area (Å²) in [7, 11) is 0. The molecule has 0 aromatic carbocycles. The molecule has 0 aromatic rings. The summed E-state index contributed by atoms with van der Waals surface area (Å²) in [4.78, 5) is 37.9. The normalized spacial score (nSPS) is 13.0. The Kier molecular flexibility index (Phi) is 56.9. The van der Waals surface area contributed by atoms with Gasteiger partial charge in [0.2, 0.25) is 0 Å². The molecule has 0 saturated carbocycles. The molecule has 1 unspecified atom stereocenters. The van der Waals surface area contributed by atoms with Gasteiger partial charge >= 0.3 is 17.9 Å². The lowest BCUT2D eigenvalue weighted by molar-refractivity contribution is -0.167. The number of hydrogen-bond acceptors (Lipinski definition) is 6. The minimum Gasteiger partial charge on any atom is -0.462 e. The Morgan fingerprint density at radius 1 is 0.288 bits per heavy atom. The fourth-order valence-electron chi connectivity index (χ4n) is 7.96. The van der Waals surface area contributed by atoms with Crippen LogP contribution in [-0.4, -0.2) is 37.2 Å². The van der Waals surface area contributed by atoms with Gasteiger partial charge in [-0.25, -0.2) is 0 Å². The molecular formula is C67H110O6. The Balaban J connectivity index is 4.13. The number of carbonyl (C=O) groups excluding carboxylic acids is 3. The molecule has 0 aromatic heterocycles. The first-order chi connectivity index (χ1) is 36.0. The number of allylic oxidation sites excluding steroid dienone is 20. The second-order valence-electron chi connectivity index (χ2n) is 19.5. The van der Waals surface area contributed by atoms with Crippen LogP contribution in [0.3, 0.4) is 0 Å². The summed E-state index contributed by atoms with van der Waals surface area (Å²) in [5, 5.41) is 0. The molecule has 414 valence electrons. The first kappa shape index (κ1) is 68.8. The number of ether oxygens (including phenoxy) is 3. The SMILES string of the molecule is CC/C=C\C/C=C\C/C=C\C/C=C\C/C=C\C/C=C\C/C=C\C/C=C\CCCCCCCCCCC(=O)OCC(COC(=O)CCCCCCCC)OC(=O)CCCCCCC/C=C\C/C=C\CCCCCC. The van der Waals surface area contributed by atoms with Gasteiger partial charge in [-0.1, -0.05) is 251 Å². The number of rotatable bonds is 53. The van der Waals surface area contributed by atoms with Crippen LogP contribution in [-0.2, 0) is 28.6 Å². The summed E-state index contributed by atoms with van der Waals surface area (Å²) in [6, 6.07) is 0. The standard InChI is InChI=1S/C67H110O6/c1-4-7-10-13-16-18-20-22-24-26-27-28-29-30-31-32-33-34-35-36-37-38-39-40-41-42-44-45-47-49-51-54-57-60-66(69)72-63-64(62-71-65(68)59-56-53-15-12-9-6-3)73-67(70)61-58-55-52-50-48-46-43-25-23-21-19-17-14-11-8-5-2/h7,10,16,18-19,21-22,24-25,27-28,30-31,33-34,36-37,39-40,43,64H,4-6,8-9,11-15,17,20,23,26,29,32,35,38,41-42,44-63H2,1-3H3/b10-7-,18-16-,21-19-,24-22-,28-27-,31-30-,34-33-,37-36-,40-39-,43-25-. The minimum atomic E-state index is -0.787. The molecule has 0 rings (SSSR count). The van der Waals surface area contributed by atoms with Crippen LogP contribution in [0.25, 0.3) is 0 Å². The zero-order valence-electron chi connectivity index (χ0n) is 47.4. The smallest absolute Gasteiger partial charge is 0.306 e. The Morgan fingerprint density at radius 3 is 0.849 bits per heavy atom. The maximum absolute atomic E-state index is 12.8.